The van der Waals surface area contributed by atoms with Gasteiger partial charge in [-0.05, 0) is 134 Å². The molecule has 0 unspecified atom stereocenters. The van der Waals surface area contributed by atoms with Crippen LogP contribution in [-0.4, -0.2) is 50.7 Å². The fourth-order valence-corrected chi connectivity index (χ4v) is 4.72. The van der Waals surface area contributed by atoms with Gasteiger partial charge in [-0.25, -0.2) is 9.59 Å². The fraction of sp³-hybridized carbons (Fsp3) is 0.333. The van der Waals surface area contributed by atoms with Gasteiger partial charge in [-0.15, -0.1) is 0 Å². The van der Waals surface area contributed by atoms with Crippen molar-refractivity contribution in [3.05, 3.63) is 119 Å². The molecule has 0 aliphatic heterocycles. The first-order valence-electron chi connectivity index (χ1n) is 17.6. The molecule has 0 radical (unpaired) electrons. The Bertz CT molecular complexity index is 1510. The van der Waals surface area contributed by atoms with Gasteiger partial charge < -0.3 is 18.9 Å². The molecular weight excluding hydrogens is 628 g/mol. The van der Waals surface area contributed by atoms with Crippen LogP contribution >= 0.6 is 0 Å². The van der Waals surface area contributed by atoms with Gasteiger partial charge >= 0.3 is 11.9 Å². The molecule has 4 rings (SSSR count). The molecule has 0 amide bonds. The van der Waals surface area contributed by atoms with Crippen molar-refractivity contribution in [3.8, 4) is 23.0 Å². The van der Waals surface area contributed by atoms with Crippen LogP contribution < -0.4 is 18.9 Å². The lowest BCUT2D eigenvalue weighted by atomic mass is 10.2. The van der Waals surface area contributed by atoms with Crippen molar-refractivity contribution in [2.45, 2.75) is 65.2 Å². The predicted molar refractivity (Wildman–Crippen MR) is 200 cm³/mol. The number of hydrogen-bond donors (Lipinski definition) is 0. The summed E-state index contributed by atoms with van der Waals surface area (Å²) in [5.74, 6) is 1.66. The second-order valence-corrected chi connectivity index (χ2v) is 11.9. The third-order valence-electron chi connectivity index (χ3n) is 7.70. The van der Waals surface area contributed by atoms with Crippen molar-refractivity contribution in [3.63, 3.8) is 0 Å². The lowest BCUT2D eigenvalue weighted by Crippen LogP contribution is -2.08. The quantitative estimate of drug-likeness (QED) is 0.0378. The summed E-state index contributed by atoms with van der Waals surface area (Å²) in [5, 5.41) is 0. The molecule has 8 nitrogen and oxygen atoms in total. The zero-order valence-corrected chi connectivity index (χ0v) is 29.2. The van der Waals surface area contributed by atoms with Crippen molar-refractivity contribution in [1.29, 1.82) is 0 Å². The fourth-order valence-electron chi connectivity index (χ4n) is 4.72. The first-order valence-corrected chi connectivity index (χ1v) is 17.6. The molecule has 0 aliphatic carbocycles. The van der Waals surface area contributed by atoms with Crippen molar-refractivity contribution < 1.29 is 28.5 Å². The van der Waals surface area contributed by atoms with Gasteiger partial charge in [0.2, 0.25) is 0 Å². The zero-order chi connectivity index (χ0) is 35.2. The summed E-state index contributed by atoms with van der Waals surface area (Å²) in [6.45, 7) is 7.08. The molecule has 0 saturated heterocycles. The van der Waals surface area contributed by atoms with E-state index in [9.17, 15) is 9.59 Å². The van der Waals surface area contributed by atoms with Gasteiger partial charge in [0.1, 0.15) is 23.0 Å². The van der Waals surface area contributed by atoms with Crippen LogP contribution in [0.25, 0.3) is 0 Å². The summed E-state index contributed by atoms with van der Waals surface area (Å²) in [7, 11) is 0. The predicted octanol–water partition coefficient (Wildman–Crippen LogP) is 9.58. The average Bonchev–Trinajstić information content (AvgIpc) is 3.14. The number of ether oxygens (including phenoxy) is 4. The van der Waals surface area contributed by atoms with Crippen LogP contribution in [-0.2, 0) is 0 Å². The van der Waals surface area contributed by atoms with Crippen LogP contribution in [0, 0.1) is 0 Å². The molecule has 4 aromatic carbocycles. The number of aliphatic imine (C=N–C) groups is 2. The number of esters is 2. The van der Waals surface area contributed by atoms with E-state index in [0.29, 0.717) is 35.8 Å². The van der Waals surface area contributed by atoms with Crippen molar-refractivity contribution in [2.24, 2.45) is 9.98 Å². The van der Waals surface area contributed by atoms with Crippen molar-refractivity contribution >= 4 is 24.4 Å². The van der Waals surface area contributed by atoms with Crippen LogP contribution in [0.5, 0.6) is 23.0 Å². The van der Waals surface area contributed by atoms with Gasteiger partial charge in [0.25, 0.3) is 0 Å². The van der Waals surface area contributed by atoms with E-state index in [2.05, 4.69) is 23.8 Å². The van der Waals surface area contributed by atoms with E-state index in [4.69, 9.17) is 18.9 Å². The molecule has 50 heavy (non-hydrogen) atoms. The monoisotopic (exact) mass is 676 g/mol. The maximum absolute atomic E-state index is 12.5. The Morgan fingerprint density at radius 3 is 1.20 bits per heavy atom. The van der Waals surface area contributed by atoms with E-state index < -0.39 is 11.9 Å². The maximum Gasteiger partial charge on any atom is 0.343 e. The molecule has 0 atom stereocenters. The topological polar surface area (TPSA) is 95.8 Å². The first kappa shape index (κ1) is 37.6. The molecule has 0 fully saturated rings. The third-order valence-corrected chi connectivity index (χ3v) is 7.70. The average molecular weight is 677 g/mol. The Morgan fingerprint density at radius 2 is 0.840 bits per heavy atom. The lowest BCUT2D eigenvalue weighted by Gasteiger charge is -2.07. The van der Waals surface area contributed by atoms with E-state index in [1.54, 1.807) is 72.8 Å². The number of rotatable bonds is 21. The highest BCUT2D eigenvalue weighted by molar-refractivity contribution is 5.92. The smallest absolute Gasteiger partial charge is 0.343 e. The molecule has 0 saturated carbocycles. The van der Waals surface area contributed by atoms with E-state index in [1.807, 2.05) is 36.7 Å². The minimum Gasteiger partial charge on any atom is -0.494 e. The number of carbonyl (C=O) groups excluding carboxylic acids is 2. The molecule has 0 N–H and O–H groups in total. The number of benzene rings is 4. The molecule has 0 spiro atoms. The molecule has 0 aromatic heterocycles. The van der Waals surface area contributed by atoms with Crippen LogP contribution in [0.3, 0.4) is 0 Å². The van der Waals surface area contributed by atoms with Gasteiger partial charge in [0.15, 0.2) is 0 Å². The minimum absolute atomic E-state index is 0.405. The van der Waals surface area contributed by atoms with Crippen LogP contribution in [0.4, 0.5) is 0 Å². The normalized spacial score (nSPS) is 11.2. The second kappa shape index (κ2) is 21.7. The van der Waals surface area contributed by atoms with E-state index in [1.165, 1.54) is 0 Å². The lowest BCUT2D eigenvalue weighted by molar-refractivity contribution is 0.0725. The van der Waals surface area contributed by atoms with Crippen molar-refractivity contribution in [2.75, 3.05) is 26.3 Å². The van der Waals surface area contributed by atoms with Crippen LogP contribution in [0.15, 0.2) is 107 Å². The summed E-state index contributed by atoms with van der Waals surface area (Å²) < 4.78 is 22.3. The molecule has 0 aliphatic rings. The highest BCUT2D eigenvalue weighted by Gasteiger charge is 2.10. The Balaban J connectivity index is 1.05. The molecule has 0 heterocycles. The van der Waals surface area contributed by atoms with Gasteiger partial charge in [0.05, 0.1) is 24.3 Å². The van der Waals surface area contributed by atoms with Gasteiger partial charge in [-0.3, -0.25) is 9.98 Å². The standard InChI is InChI=1S/C42H48N2O6/c1-3-5-29-47-37-23-15-35(16-24-37)41(45)49-39-19-11-33(12-20-39)31-43-27-9-7-8-10-28-44-32-34-13-21-40(22-14-34)50-42(46)36-17-25-38(26-18-36)48-30-6-4-2/h11-26,31-32H,3-10,27-30H2,1-2H3. The Hall–Kier alpha value is -5.24. The summed E-state index contributed by atoms with van der Waals surface area (Å²) >= 11 is 0. The molecule has 8 heteroatoms. The summed E-state index contributed by atoms with van der Waals surface area (Å²) in [6, 6.07) is 28.7. The zero-order valence-electron chi connectivity index (χ0n) is 29.2. The van der Waals surface area contributed by atoms with Gasteiger partial charge in [0, 0.05) is 25.5 Å². The Morgan fingerprint density at radius 1 is 0.480 bits per heavy atom. The minimum atomic E-state index is -0.405. The van der Waals surface area contributed by atoms with Crippen molar-refractivity contribution in [1.82, 2.24) is 0 Å². The molecule has 4 aromatic rings. The van der Waals surface area contributed by atoms with Crippen LogP contribution in [0.2, 0.25) is 0 Å². The van der Waals surface area contributed by atoms with Crippen LogP contribution in [0.1, 0.15) is 97.1 Å². The Labute approximate surface area is 296 Å². The number of nitrogens with zero attached hydrogens (tertiary/aromatic N) is 2. The molecule has 262 valence electrons. The summed E-state index contributed by atoms with van der Waals surface area (Å²) in [4.78, 5) is 34.0. The van der Waals surface area contributed by atoms with Gasteiger partial charge in [-0.1, -0.05) is 39.5 Å². The maximum atomic E-state index is 12.5. The number of carbonyl (C=O) groups is 2. The molecule has 0 bridgehead atoms. The number of hydrogen-bond acceptors (Lipinski definition) is 8. The van der Waals surface area contributed by atoms with E-state index >= 15 is 0 Å². The highest BCUT2D eigenvalue weighted by Crippen LogP contribution is 2.18. The molecular formula is C42H48N2O6. The summed E-state index contributed by atoms with van der Waals surface area (Å²) in [5.41, 5.74) is 2.86. The Kier molecular flexibility index (Phi) is 16.3. The van der Waals surface area contributed by atoms with E-state index in [0.717, 1.165) is 87.1 Å². The largest absolute Gasteiger partial charge is 0.494 e. The SMILES string of the molecule is CCCCOc1ccc(C(=O)Oc2ccc(C=NCCCCCCN=Cc3ccc(OC(=O)c4ccc(OCCCC)cc4)cc3)cc2)cc1. The summed E-state index contributed by atoms with van der Waals surface area (Å²) in [6.07, 6.45) is 12.0. The van der Waals surface area contributed by atoms with E-state index in [-0.39, 0.29) is 0 Å². The van der Waals surface area contributed by atoms with Gasteiger partial charge in [-0.2, -0.15) is 0 Å². The highest BCUT2D eigenvalue weighted by atomic mass is 16.5. The third kappa shape index (κ3) is 13.7. The first-order chi connectivity index (χ1) is 24.5. The number of unbranched alkanes of at least 4 members (excludes halogenated alkanes) is 5. The second-order valence-electron chi connectivity index (χ2n) is 11.9.